The summed E-state index contributed by atoms with van der Waals surface area (Å²) in [6, 6.07) is 8.21. The van der Waals surface area contributed by atoms with Gasteiger partial charge in [0.05, 0.1) is 28.8 Å². The smallest absolute Gasteiger partial charge is 0.141 e. The fourth-order valence-corrected chi connectivity index (χ4v) is 3.86. The molecule has 2 N–H and O–H groups in total. The van der Waals surface area contributed by atoms with Gasteiger partial charge in [-0.2, -0.15) is 0 Å². The van der Waals surface area contributed by atoms with Crippen molar-refractivity contribution in [2.24, 2.45) is 0 Å². The van der Waals surface area contributed by atoms with E-state index >= 15 is 0 Å². The molecule has 8 heteroatoms. The molecular weight excluding hydrogens is 429 g/mol. The SMILES string of the molecule is COc1cc2ncnc(Nc3ccc(F)c(Cl)c3)c2cc1C#CC(C)(C)N1CCNCC1. The van der Waals surface area contributed by atoms with Gasteiger partial charge < -0.3 is 15.4 Å². The number of halogens is 2. The molecule has 1 saturated heterocycles. The van der Waals surface area contributed by atoms with Crippen molar-refractivity contribution in [2.75, 3.05) is 38.6 Å². The van der Waals surface area contributed by atoms with Gasteiger partial charge >= 0.3 is 0 Å². The lowest BCUT2D eigenvalue weighted by Gasteiger charge is -2.37. The zero-order chi connectivity index (χ0) is 22.7. The maximum absolute atomic E-state index is 13.5. The molecule has 1 aromatic heterocycles. The lowest BCUT2D eigenvalue weighted by Crippen LogP contribution is -2.52. The first-order valence-corrected chi connectivity index (χ1v) is 10.8. The molecule has 0 unspecified atom stereocenters. The fraction of sp³-hybridized carbons (Fsp3) is 0.333. The van der Waals surface area contributed by atoms with E-state index in [1.54, 1.807) is 13.2 Å². The van der Waals surface area contributed by atoms with E-state index in [1.165, 1.54) is 18.5 Å². The third kappa shape index (κ3) is 4.78. The van der Waals surface area contributed by atoms with E-state index in [2.05, 4.69) is 51.2 Å². The Hall–Kier alpha value is -2.92. The maximum Gasteiger partial charge on any atom is 0.141 e. The van der Waals surface area contributed by atoms with Crippen molar-refractivity contribution < 1.29 is 9.13 Å². The van der Waals surface area contributed by atoms with E-state index < -0.39 is 5.82 Å². The number of ether oxygens (including phenoxy) is 1. The highest BCUT2D eigenvalue weighted by atomic mass is 35.5. The van der Waals surface area contributed by atoms with Crippen LogP contribution in [0.1, 0.15) is 19.4 Å². The normalized spacial score (nSPS) is 14.7. The number of methoxy groups -OCH3 is 1. The number of nitrogens with zero attached hydrogens (tertiary/aromatic N) is 3. The highest BCUT2D eigenvalue weighted by Gasteiger charge is 2.25. The molecular formula is C24H25ClFN5O. The number of rotatable bonds is 4. The molecule has 166 valence electrons. The summed E-state index contributed by atoms with van der Waals surface area (Å²) in [7, 11) is 1.62. The minimum Gasteiger partial charge on any atom is -0.495 e. The van der Waals surface area contributed by atoms with E-state index in [4.69, 9.17) is 16.3 Å². The van der Waals surface area contributed by atoms with E-state index in [0.717, 1.165) is 37.1 Å². The first kappa shape index (κ1) is 22.3. The van der Waals surface area contributed by atoms with Crippen molar-refractivity contribution in [1.82, 2.24) is 20.2 Å². The highest BCUT2D eigenvalue weighted by molar-refractivity contribution is 6.31. The molecule has 3 aromatic rings. The van der Waals surface area contributed by atoms with Gasteiger partial charge in [0.1, 0.15) is 23.7 Å². The van der Waals surface area contributed by atoms with Crippen LogP contribution in [0, 0.1) is 17.7 Å². The Bertz CT molecular complexity index is 1200. The molecule has 1 fully saturated rings. The fourth-order valence-electron chi connectivity index (χ4n) is 3.68. The number of anilines is 2. The Balaban J connectivity index is 1.72. The van der Waals surface area contributed by atoms with Gasteiger partial charge in [0, 0.05) is 43.3 Å². The number of aromatic nitrogens is 2. The van der Waals surface area contributed by atoms with Crippen LogP contribution in [0.3, 0.4) is 0 Å². The second-order valence-corrected chi connectivity index (χ2v) is 8.50. The highest BCUT2D eigenvalue weighted by Crippen LogP contribution is 2.30. The van der Waals surface area contributed by atoms with Crippen LogP contribution in [0.2, 0.25) is 5.02 Å². The second-order valence-electron chi connectivity index (χ2n) is 8.09. The summed E-state index contributed by atoms with van der Waals surface area (Å²) in [4.78, 5) is 11.1. The summed E-state index contributed by atoms with van der Waals surface area (Å²) in [5.74, 6) is 7.48. The predicted octanol–water partition coefficient (Wildman–Crippen LogP) is 4.21. The van der Waals surface area contributed by atoms with Crippen LogP contribution in [0.25, 0.3) is 10.9 Å². The third-order valence-electron chi connectivity index (χ3n) is 5.55. The molecule has 6 nitrogen and oxygen atoms in total. The number of hydrogen-bond acceptors (Lipinski definition) is 6. The van der Waals surface area contributed by atoms with Gasteiger partial charge in [-0.3, -0.25) is 4.90 Å². The lowest BCUT2D eigenvalue weighted by molar-refractivity contribution is 0.149. The standard InChI is InChI=1S/C24H25ClFN5O/c1-24(2,31-10-8-27-9-11-31)7-6-16-12-18-21(14-22(16)32-3)28-15-29-23(18)30-17-4-5-20(26)19(25)13-17/h4-5,12-15,27H,8-11H2,1-3H3,(H,28,29,30). The molecule has 32 heavy (non-hydrogen) atoms. The van der Waals surface area contributed by atoms with Gasteiger partial charge in [0.2, 0.25) is 0 Å². The first-order valence-electron chi connectivity index (χ1n) is 10.4. The minimum atomic E-state index is -0.473. The zero-order valence-electron chi connectivity index (χ0n) is 18.3. The number of hydrogen-bond donors (Lipinski definition) is 2. The summed E-state index contributed by atoms with van der Waals surface area (Å²) >= 11 is 5.92. The Morgan fingerprint density at radius 2 is 1.97 bits per heavy atom. The number of fused-ring (bicyclic) bond motifs is 1. The molecule has 0 radical (unpaired) electrons. The molecule has 0 saturated carbocycles. The zero-order valence-corrected chi connectivity index (χ0v) is 19.1. The van der Waals surface area contributed by atoms with Crippen molar-refractivity contribution in [3.63, 3.8) is 0 Å². The van der Waals surface area contributed by atoms with Gasteiger partial charge in [-0.1, -0.05) is 23.4 Å². The minimum absolute atomic E-state index is 0.0386. The topological polar surface area (TPSA) is 62.3 Å². The van der Waals surface area contributed by atoms with Crippen molar-refractivity contribution in [3.05, 3.63) is 53.1 Å². The Morgan fingerprint density at radius 1 is 1.19 bits per heavy atom. The molecule has 0 spiro atoms. The molecule has 0 amide bonds. The molecule has 2 aromatic carbocycles. The monoisotopic (exact) mass is 453 g/mol. The lowest BCUT2D eigenvalue weighted by atomic mass is 10.0. The van der Waals surface area contributed by atoms with Gasteiger partial charge in [0.15, 0.2) is 0 Å². The quantitative estimate of drug-likeness (QED) is 0.577. The van der Waals surface area contributed by atoms with Crippen molar-refractivity contribution in [2.45, 2.75) is 19.4 Å². The summed E-state index contributed by atoms with van der Waals surface area (Å²) in [6.45, 7) is 8.10. The molecule has 0 atom stereocenters. The van der Waals surface area contributed by atoms with Crippen LogP contribution >= 0.6 is 11.6 Å². The largest absolute Gasteiger partial charge is 0.495 e. The average Bonchev–Trinajstić information content (AvgIpc) is 2.80. The Labute approximate surface area is 192 Å². The summed E-state index contributed by atoms with van der Waals surface area (Å²) in [5, 5.41) is 7.38. The molecule has 1 aliphatic rings. The second kappa shape index (κ2) is 9.29. The van der Waals surface area contributed by atoms with Crippen LogP contribution < -0.4 is 15.4 Å². The van der Waals surface area contributed by atoms with Crippen LogP contribution in [0.4, 0.5) is 15.9 Å². The van der Waals surface area contributed by atoms with Gasteiger partial charge in [-0.05, 0) is 38.1 Å². The number of nitrogens with one attached hydrogen (secondary N) is 2. The molecule has 0 aliphatic carbocycles. The van der Waals surface area contributed by atoms with E-state index in [-0.39, 0.29) is 10.6 Å². The van der Waals surface area contributed by atoms with Crippen LogP contribution in [0.15, 0.2) is 36.7 Å². The Morgan fingerprint density at radius 3 is 2.69 bits per heavy atom. The Kier molecular flexibility index (Phi) is 6.47. The van der Waals surface area contributed by atoms with E-state index in [0.29, 0.717) is 22.8 Å². The molecule has 0 bridgehead atoms. The van der Waals surface area contributed by atoms with Crippen LogP contribution in [-0.2, 0) is 0 Å². The van der Waals surface area contributed by atoms with Gasteiger partial charge in [-0.25, -0.2) is 14.4 Å². The van der Waals surface area contributed by atoms with Crippen molar-refractivity contribution in [1.29, 1.82) is 0 Å². The molecule has 4 rings (SSSR count). The summed E-state index contributed by atoms with van der Waals surface area (Å²) in [5.41, 5.74) is 1.80. The van der Waals surface area contributed by atoms with Crippen LogP contribution in [0.5, 0.6) is 5.75 Å². The van der Waals surface area contributed by atoms with Crippen molar-refractivity contribution in [3.8, 4) is 17.6 Å². The van der Waals surface area contributed by atoms with Gasteiger partial charge in [0.25, 0.3) is 0 Å². The number of benzene rings is 2. The third-order valence-corrected chi connectivity index (χ3v) is 5.84. The van der Waals surface area contributed by atoms with E-state index in [9.17, 15) is 4.39 Å². The van der Waals surface area contributed by atoms with E-state index in [1.807, 2.05) is 12.1 Å². The predicted molar refractivity (Wildman–Crippen MR) is 126 cm³/mol. The first-order chi connectivity index (χ1) is 15.4. The molecule has 2 heterocycles. The average molecular weight is 454 g/mol. The van der Waals surface area contributed by atoms with Gasteiger partial charge in [-0.15, -0.1) is 0 Å². The maximum atomic E-state index is 13.5. The van der Waals surface area contributed by atoms with Crippen molar-refractivity contribution >= 4 is 34.0 Å². The van der Waals surface area contributed by atoms with Crippen LogP contribution in [-0.4, -0.2) is 53.7 Å². The summed E-state index contributed by atoms with van der Waals surface area (Å²) in [6.07, 6.45) is 1.47. The number of piperazine rings is 1. The summed E-state index contributed by atoms with van der Waals surface area (Å²) < 4.78 is 19.1. The molecule has 1 aliphatic heterocycles.